The summed E-state index contributed by atoms with van der Waals surface area (Å²) in [5.41, 5.74) is 1.59. The maximum atomic E-state index is 3.87. The molecule has 0 saturated heterocycles. The van der Waals surface area contributed by atoms with Crippen molar-refractivity contribution in [3.63, 3.8) is 0 Å². The summed E-state index contributed by atoms with van der Waals surface area (Å²) < 4.78 is 0. The number of azo groups is 2. The second-order valence-corrected chi connectivity index (χ2v) is 2.12. The van der Waals surface area contributed by atoms with Crippen molar-refractivity contribution in [2.75, 3.05) is 14.1 Å². The summed E-state index contributed by atoms with van der Waals surface area (Å²) >= 11 is 0. The molecule has 12 heavy (non-hydrogen) atoms. The van der Waals surface area contributed by atoms with Gasteiger partial charge in [0.05, 0.1) is 11.4 Å². The summed E-state index contributed by atoms with van der Waals surface area (Å²) in [4.78, 5) is 0. The standard InChI is InChI=1S/C8H10N4/c1-9-11-7-4-3-5-8(6-7)12-10-2/h3-6H,1-2H3. The molecule has 0 aliphatic carbocycles. The Morgan fingerprint density at radius 3 is 1.83 bits per heavy atom. The Balaban J connectivity index is 2.95. The van der Waals surface area contributed by atoms with E-state index in [2.05, 4.69) is 20.5 Å². The van der Waals surface area contributed by atoms with E-state index >= 15 is 0 Å². The molecule has 1 aromatic rings. The smallest absolute Gasteiger partial charge is 0.0874 e. The highest BCUT2D eigenvalue weighted by Crippen LogP contribution is 2.20. The molecular formula is C8H10N4. The van der Waals surface area contributed by atoms with Crippen molar-refractivity contribution in [3.05, 3.63) is 24.3 Å². The maximum absolute atomic E-state index is 3.87. The lowest BCUT2D eigenvalue weighted by Gasteiger charge is -1.92. The first kappa shape index (κ1) is 8.52. The number of rotatable bonds is 2. The van der Waals surface area contributed by atoms with Gasteiger partial charge < -0.3 is 0 Å². The van der Waals surface area contributed by atoms with Crippen LogP contribution in [0.15, 0.2) is 44.7 Å². The molecule has 0 radical (unpaired) electrons. The fourth-order valence-electron chi connectivity index (χ4n) is 0.848. The van der Waals surface area contributed by atoms with Crippen molar-refractivity contribution < 1.29 is 0 Å². The monoisotopic (exact) mass is 162 g/mol. The molecule has 0 N–H and O–H groups in total. The summed E-state index contributed by atoms with van der Waals surface area (Å²) in [5.74, 6) is 0. The van der Waals surface area contributed by atoms with Crippen molar-refractivity contribution in [1.82, 2.24) is 0 Å². The first-order valence-corrected chi connectivity index (χ1v) is 3.56. The first-order chi connectivity index (χ1) is 5.86. The fraction of sp³-hybridized carbons (Fsp3) is 0.250. The van der Waals surface area contributed by atoms with Crippen LogP contribution in [0.1, 0.15) is 0 Å². The van der Waals surface area contributed by atoms with Crippen molar-refractivity contribution in [3.8, 4) is 0 Å². The van der Waals surface area contributed by atoms with Gasteiger partial charge in [-0.05, 0) is 18.2 Å². The fourth-order valence-corrected chi connectivity index (χ4v) is 0.848. The lowest BCUT2D eigenvalue weighted by molar-refractivity contribution is 1.15. The molecule has 0 saturated carbocycles. The first-order valence-electron chi connectivity index (χ1n) is 3.56. The minimum atomic E-state index is 0.794. The third kappa shape index (κ3) is 2.23. The molecule has 0 amide bonds. The molecule has 1 rings (SSSR count). The molecule has 0 atom stereocenters. The van der Waals surface area contributed by atoms with Gasteiger partial charge in [-0.15, -0.1) is 0 Å². The predicted molar refractivity (Wildman–Crippen MR) is 47.3 cm³/mol. The van der Waals surface area contributed by atoms with Crippen LogP contribution >= 0.6 is 0 Å². The topological polar surface area (TPSA) is 49.4 Å². The highest BCUT2D eigenvalue weighted by Gasteiger charge is 1.90. The molecule has 1 aromatic carbocycles. The summed E-state index contributed by atoms with van der Waals surface area (Å²) in [6, 6.07) is 7.41. The molecule has 0 fully saturated rings. The van der Waals surface area contributed by atoms with Crippen LogP contribution in [-0.4, -0.2) is 14.1 Å². The molecule has 62 valence electrons. The summed E-state index contributed by atoms with van der Waals surface area (Å²) in [6.45, 7) is 0. The molecule has 0 bridgehead atoms. The number of benzene rings is 1. The Labute approximate surface area is 71.1 Å². The number of hydrogen-bond acceptors (Lipinski definition) is 4. The summed E-state index contributed by atoms with van der Waals surface area (Å²) in [7, 11) is 3.27. The highest BCUT2D eigenvalue weighted by atomic mass is 15.1. The Bertz CT molecular complexity index is 276. The van der Waals surface area contributed by atoms with Crippen molar-refractivity contribution >= 4 is 11.4 Å². The van der Waals surface area contributed by atoms with Gasteiger partial charge in [-0.3, -0.25) is 0 Å². The molecule has 0 aliphatic heterocycles. The van der Waals surface area contributed by atoms with E-state index in [1.807, 2.05) is 24.3 Å². The molecule has 0 heterocycles. The van der Waals surface area contributed by atoms with Crippen LogP contribution in [0, 0.1) is 0 Å². The lowest BCUT2D eigenvalue weighted by Crippen LogP contribution is -1.64. The predicted octanol–water partition coefficient (Wildman–Crippen LogP) is 3.11. The minimum absolute atomic E-state index is 0.794. The maximum Gasteiger partial charge on any atom is 0.0874 e. The molecule has 0 aromatic heterocycles. The van der Waals surface area contributed by atoms with E-state index in [0.29, 0.717) is 0 Å². The molecule has 0 spiro atoms. The van der Waals surface area contributed by atoms with Gasteiger partial charge in [-0.1, -0.05) is 6.07 Å². The Hall–Kier alpha value is -1.58. The normalized spacial score (nSPS) is 11.5. The zero-order valence-electron chi connectivity index (χ0n) is 7.10. The highest BCUT2D eigenvalue weighted by molar-refractivity contribution is 5.49. The average Bonchev–Trinajstić information content (AvgIpc) is 2.06. The van der Waals surface area contributed by atoms with Crippen molar-refractivity contribution in [2.24, 2.45) is 20.5 Å². The largest absolute Gasteiger partial charge is 0.192 e. The van der Waals surface area contributed by atoms with E-state index < -0.39 is 0 Å². The third-order valence-corrected chi connectivity index (χ3v) is 1.26. The SMILES string of the molecule is CN=Nc1cccc(N=NC)c1. The van der Waals surface area contributed by atoms with Crippen LogP contribution in [0.2, 0.25) is 0 Å². The molecular weight excluding hydrogens is 152 g/mol. The summed E-state index contributed by atoms with van der Waals surface area (Å²) in [5, 5.41) is 15.1. The number of nitrogens with zero attached hydrogens (tertiary/aromatic N) is 4. The molecule has 0 aliphatic rings. The van der Waals surface area contributed by atoms with Crippen LogP contribution in [0.3, 0.4) is 0 Å². The van der Waals surface area contributed by atoms with Gasteiger partial charge >= 0.3 is 0 Å². The van der Waals surface area contributed by atoms with Gasteiger partial charge in [0.25, 0.3) is 0 Å². The second kappa shape index (κ2) is 4.33. The second-order valence-electron chi connectivity index (χ2n) is 2.12. The summed E-state index contributed by atoms with van der Waals surface area (Å²) in [6.07, 6.45) is 0. The van der Waals surface area contributed by atoms with Gasteiger partial charge in [-0.2, -0.15) is 20.5 Å². The minimum Gasteiger partial charge on any atom is -0.192 e. The Morgan fingerprint density at radius 2 is 1.42 bits per heavy atom. The van der Waals surface area contributed by atoms with Gasteiger partial charge in [0.2, 0.25) is 0 Å². The van der Waals surface area contributed by atoms with Gasteiger partial charge in [-0.25, -0.2) is 0 Å². The average molecular weight is 162 g/mol. The van der Waals surface area contributed by atoms with E-state index in [-0.39, 0.29) is 0 Å². The van der Waals surface area contributed by atoms with E-state index in [1.165, 1.54) is 0 Å². The third-order valence-electron chi connectivity index (χ3n) is 1.26. The quantitative estimate of drug-likeness (QED) is 0.600. The van der Waals surface area contributed by atoms with E-state index in [9.17, 15) is 0 Å². The van der Waals surface area contributed by atoms with E-state index in [0.717, 1.165) is 11.4 Å². The van der Waals surface area contributed by atoms with Crippen molar-refractivity contribution in [1.29, 1.82) is 0 Å². The zero-order chi connectivity index (χ0) is 8.81. The number of hydrogen-bond donors (Lipinski definition) is 0. The van der Waals surface area contributed by atoms with Crippen molar-refractivity contribution in [2.45, 2.75) is 0 Å². The molecule has 0 unspecified atom stereocenters. The van der Waals surface area contributed by atoms with Gasteiger partial charge in [0, 0.05) is 14.1 Å². The molecule has 4 heteroatoms. The van der Waals surface area contributed by atoms with Crippen LogP contribution in [-0.2, 0) is 0 Å². The van der Waals surface area contributed by atoms with Crippen LogP contribution in [0.4, 0.5) is 11.4 Å². The Kier molecular flexibility index (Phi) is 3.07. The Morgan fingerprint density at radius 1 is 0.917 bits per heavy atom. The molecule has 4 nitrogen and oxygen atoms in total. The van der Waals surface area contributed by atoms with E-state index in [1.54, 1.807) is 14.1 Å². The van der Waals surface area contributed by atoms with E-state index in [4.69, 9.17) is 0 Å². The zero-order valence-corrected chi connectivity index (χ0v) is 7.10. The van der Waals surface area contributed by atoms with Gasteiger partial charge in [0.15, 0.2) is 0 Å². The van der Waals surface area contributed by atoms with Crippen LogP contribution in [0.5, 0.6) is 0 Å². The van der Waals surface area contributed by atoms with Gasteiger partial charge in [0.1, 0.15) is 0 Å². The van der Waals surface area contributed by atoms with Crippen LogP contribution in [0.25, 0.3) is 0 Å². The lowest BCUT2D eigenvalue weighted by atomic mass is 10.3. The van der Waals surface area contributed by atoms with Crippen LogP contribution < -0.4 is 0 Å².